The highest BCUT2D eigenvalue weighted by Crippen LogP contribution is 2.35. The van der Waals surface area contributed by atoms with Gasteiger partial charge in [0.05, 0.1) is 26.3 Å². The molecule has 0 spiro atoms. The van der Waals surface area contributed by atoms with Gasteiger partial charge in [-0.05, 0) is 19.1 Å². The molecule has 0 aromatic rings. The van der Waals surface area contributed by atoms with Crippen molar-refractivity contribution in [3.63, 3.8) is 0 Å². The Kier molecular flexibility index (Phi) is 4.97. The van der Waals surface area contributed by atoms with Crippen molar-refractivity contribution in [3.05, 3.63) is 47.0 Å². The zero-order valence-electron chi connectivity index (χ0n) is 15.5. The fraction of sp³-hybridized carbons (Fsp3) is 0.389. The Hall–Kier alpha value is -3.17. The predicted octanol–water partition coefficient (Wildman–Crippen LogP) is 1.19. The number of urea groups is 1. The number of ether oxygens (including phenoxy) is 2. The lowest BCUT2D eigenvalue weighted by atomic mass is 9.92. The molecule has 2 N–H and O–H groups in total. The number of allylic oxidation sites excluding steroid dienone is 2. The van der Waals surface area contributed by atoms with Gasteiger partial charge in [0.2, 0.25) is 0 Å². The maximum Gasteiger partial charge on any atom is 0.322 e. The van der Waals surface area contributed by atoms with Crippen LogP contribution in [0.3, 0.4) is 0 Å². The van der Waals surface area contributed by atoms with Crippen LogP contribution < -0.4 is 10.6 Å². The van der Waals surface area contributed by atoms with E-state index in [1.165, 1.54) is 24.2 Å². The van der Waals surface area contributed by atoms with Crippen LogP contribution in [-0.4, -0.2) is 55.6 Å². The highest BCUT2D eigenvalue weighted by Gasteiger charge is 2.53. The lowest BCUT2D eigenvalue weighted by Crippen LogP contribution is -2.59. The van der Waals surface area contributed by atoms with Crippen LogP contribution >= 0.6 is 0 Å². The zero-order valence-corrected chi connectivity index (χ0v) is 15.5. The SMILES string of the molecule is C/C=C(\OC)C1(CN2CC3C=C(F)C(OC)=C(F)C(=C3)C2=O)NC(=O)NC1=O. The molecule has 3 aliphatic rings. The molecular formula is C18H19F2N3O5. The minimum Gasteiger partial charge on any atom is -0.498 e. The molecule has 3 rings (SSSR count). The number of carbonyl (C=O) groups excluding carboxylic acids is 3. The fourth-order valence-corrected chi connectivity index (χ4v) is 3.61. The van der Waals surface area contributed by atoms with Crippen molar-refractivity contribution in [2.45, 2.75) is 12.5 Å². The molecule has 0 radical (unpaired) electrons. The monoisotopic (exact) mass is 395 g/mol. The van der Waals surface area contributed by atoms with Gasteiger partial charge in [0.25, 0.3) is 11.8 Å². The lowest BCUT2D eigenvalue weighted by Gasteiger charge is -2.36. The van der Waals surface area contributed by atoms with Crippen molar-refractivity contribution < 1.29 is 32.6 Å². The number of amides is 4. The van der Waals surface area contributed by atoms with E-state index in [9.17, 15) is 23.2 Å². The number of hydrogen-bond acceptors (Lipinski definition) is 5. The Morgan fingerprint density at radius 2 is 2.04 bits per heavy atom. The highest BCUT2D eigenvalue weighted by molar-refractivity contribution is 6.09. The molecule has 1 fully saturated rings. The normalized spacial score (nSPS) is 27.8. The Bertz CT molecular complexity index is 876. The molecule has 0 aromatic heterocycles. The predicted molar refractivity (Wildman–Crippen MR) is 92.7 cm³/mol. The van der Waals surface area contributed by atoms with Gasteiger partial charge in [0.1, 0.15) is 5.76 Å². The third-order valence-corrected chi connectivity index (χ3v) is 4.82. The average molecular weight is 395 g/mol. The van der Waals surface area contributed by atoms with Gasteiger partial charge in [0.15, 0.2) is 23.0 Å². The summed E-state index contributed by atoms with van der Waals surface area (Å²) in [7, 11) is 2.42. The van der Waals surface area contributed by atoms with E-state index in [1.807, 2.05) is 0 Å². The summed E-state index contributed by atoms with van der Waals surface area (Å²) in [5, 5.41) is 4.60. The minimum atomic E-state index is -1.68. The second-order valence-corrected chi connectivity index (χ2v) is 6.46. The Labute approximate surface area is 159 Å². The largest absolute Gasteiger partial charge is 0.498 e. The van der Waals surface area contributed by atoms with Crippen LogP contribution in [0, 0.1) is 5.92 Å². The van der Waals surface area contributed by atoms with Crippen molar-refractivity contribution in [1.82, 2.24) is 15.5 Å². The zero-order chi connectivity index (χ0) is 20.6. The Balaban J connectivity index is 2.01. The van der Waals surface area contributed by atoms with E-state index in [4.69, 9.17) is 9.47 Å². The summed E-state index contributed by atoms with van der Waals surface area (Å²) in [5.74, 6) is -4.69. The number of methoxy groups -OCH3 is 2. The van der Waals surface area contributed by atoms with Crippen molar-refractivity contribution >= 4 is 17.8 Å². The van der Waals surface area contributed by atoms with Crippen LogP contribution in [0.2, 0.25) is 0 Å². The average Bonchev–Trinajstić information content (AvgIpc) is 2.87. The number of halogens is 2. The molecule has 4 amide bonds. The maximum atomic E-state index is 14.7. The maximum absolute atomic E-state index is 14.7. The first-order valence-electron chi connectivity index (χ1n) is 8.44. The third-order valence-electron chi connectivity index (χ3n) is 4.82. The number of nitrogens with zero attached hydrogens (tertiary/aromatic N) is 1. The standard InChI is InChI=1S/C18H19F2N3O5/c1-4-12(27-2)18(16(25)21-17(26)22-18)8-23-7-9-5-10(15(23)24)13(20)14(28-3)11(19)6-9/h4-6,9H,7-8H2,1-3H3,(H2,21,22,25,26)/b12-4-. The summed E-state index contributed by atoms with van der Waals surface area (Å²) >= 11 is 0. The van der Waals surface area contributed by atoms with Gasteiger partial charge in [-0.1, -0.05) is 6.08 Å². The van der Waals surface area contributed by atoms with Crippen molar-refractivity contribution in [1.29, 1.82) is 0 Å². The second-order valence-electron chi connectivity index (χ2n) is 6.46. The third kappa shape index (κ3) is 2.94. The van der Waals surface area contributed by atoms with Gasteiger partial charge in [-0.15, -0.1) is 0 Å². The molecule has 1 saturated heterocycles. The lowest BCUT2D eigenvalue weighted by molar-refractivity contribution is -0.131. The van der Waals surface area contributed by atoms with Gasteiger partial charge in [-0.25, -0.2) is 13.6 Å². The molecule has 10 heteroatoms. The molecule has 8 nitrogen and oxygen atoms in total. The van der Waals surface area contributed by atoms with Crippen LogP contribution in [0.4, 0.5) is 13.6 Å². The highest BCUT2D eigenvalue weighted by atomic mass is 19.1. The first kappa shape index (κ1) is 19.6. The van der Waals surface area contributed by atoms with Gasteiger partial charge in [0, 0.05) is 12.5 Å². The molecule has 0 aromatic carbocycles. The van der Waals surface area contributed by atoms with E-state index >= 15 is 0 Å². The molecule has 2 heterocycles. The summed E-state index contributed by atoms with van der Waals surface area (Å²) in [6.45, 7) is 1.26. The molecule has 150 valence electrons. The van der Waals surface area contributed by atoms with Crippen molar-refractivity contribution in [2.24, 2.45) is 5.92 Å². The van der Waals surface area contributed by atoms with E-state index in [2.05, 4.69) is 10.6 Å². The van der Waals surface area contributed by atoms with E-state index in [1.54, 1.807) is 6.92 Å². The number of rotatable bonds is 5. The molecule has 2 bridgehead atoms. The van der Waals surface area contributed by atoms with Crippen LogP contribution in [0.5, 0.6) is 0 Å². The summed E-state index contributed by atoms with van der Waals surface area (Å²) in [4.78, 5) is 38.3. The minimum absolute atomic E-state index is 0.0222. The first-order valence-corrected chi connectivity index (χ1v) is 8.44. The number of carbonyl (C=O) groups is 3. The van der Waals surface area contributed by atoms with E-state index in [-0.39, 0.29) is 24.4 Å². The molecule has 2 aliphatic heterocycles. The molecule has 28 heavy (non-hydrogen) atoms. The van der Waals surface area contributed by atoms with E-state index in [0.717, 1.165) is 13.2 Å². The Morgan fingerprint density at radius 1 is 1.32 bits per heavy atom. The molecule has 2 unspecified atom stereocenters. The van der Waals surface area contributed by atoms with Gasteiger partial charge < -0.3 is 19.7 Å². The molecule has 1 aliphatic carbocycles. The van der Waals surface area contributed by atoms with Crippen LogP contribution in [-0.2, 0) is 19.1 Å². The number of hydrogen-bond donors (Lipinski definition) is 2. The number of nitrogens with one attached hydrogen (secondary N) is 2. The summed E-state index contributed by atoms with van der Waals surface area (Å²) in [5.41, 5.74) is -2.04. The van der Waals surface area contributed by atoms with Gasteiger partial charge in [-0.3, -0.25) is 14.9 Å². The van der Waals surface area contributed by atoms with Crippen molar-refractivity contribution in [3.8, 4) is 0 Å². The molecule has 2 atom stereocenters. The molecule has 0 saturated carbocycles. The topological polar surface area (TPSA) is 97.0 Å². The first-order chi connectivity index (χ1) is 13.3. The second kappa shape index (κ2) is 7.10. The number of imide groups is 1. The smallest absolute Gasteiger partial charge is 0.322 e. The van der Waals surface area contributed by atoms with Gasteiger partial charge in [-0.2, -0.15) is 0 Å². The summed E-state index contributed by atoms with van der Waals surface area (Å²) < 4.78 is 38.8. The van der Waals surface area contributed by atoms with Crippen LogP contribution in [0.25, 0.3) is 0 Å². The Morgan fingerprint density at radius 3 is 2.57 bits per heavy atom. The quantitative estimate of drug-likeness (QED) is 0.539. The number of fused-ring (bicyclic) bond motifs is 1. The fourth-order valence-electron chi connectivity index (χ4n) is 3.61. The van der Waals surface area contributed by atoms with Crippen LogP contribution in [0.15, 0.2) is 47.0 Å². The summed E-state index contributed by atoms with van der Waals surface area (Å²) in [6.07, 6.45) is 3.93. The van der Waals surface area contributed by atoms with Crippen LogP contribution in [0.1, 0.15) is 6.92 Å². The van der Waals surface area contributed by atoms with Gasteiger partial charge >= 0.3 is 6.03 Å². The van der Waals surface area contributed by atoms with E-state index < -0.39 is 46.7 Å². The van der Waals surface area contributed by atoms with E-state index in [0.29, 0.717) is 0 Å². The van der Waals surface area contributed by atoms with Crippen molar-refractivity contribution in [2.75, 3.05) is 27.3 Å². The summed E-state index contributed by atoms with van der Waals surface area (Å²) in [6, 6.07) is -0.749. The molecular weight excluding hydrogens is 376 g/mol.